The van der Waals surface area contributed by atoms with Gasteiger partial charge in [0.1, 0.15) is 0 Å². The minimum Gasteiger partial charge on any atom is -0.381 e. The molecule has 1 aliphatic rings. The summed E-state index contributed by atoms with van der Waals surface area (Å²) >= 11 is 0. The average Bonchev–Trinajstić information content (AvgIpc) is 2.55. The normalized spacial score (nSPS) is 21.4. The Morgan fingerprint density at radius 1 is 1.30 bits per heavy atom. The number of benzene rings is 1. The van der Waals surface area contributed by atoms with Crippen molar-refractivity contribution >= 4 is 5.95 Å². The molecule has 3 rings (SSSR count). The first-order chi connectivity index (χ1) is 11.2. The van der Waals surface area contributed by atoms with E-state index in [1.54, 1.807) is 7.11 Å². The number of ether oxygens (including phenoxy) is 1. The molecular weight excluding hydrogens is 293 g/mol. The molecule has 0 amide bonds. The summed E-state index contributed by atoms with van der Waals surface area (Å²) in [6, 6.07) is 8.58. The smallest absolute Gasteiger partial charge is 0.225 e. The highest BCUT2D eigenvalue weighted by Gasteiger charge is 2.30. The highest BCUT2D eigenvalue weighted by atomic mass is 19.1. The van der Waals surface area contributed by atoms with Gasteiger partial charge in [0.2, 0.25) is 5.95 Å². The zero-order valence-electron chi connectivity index (χ0n) is 13.6. The third-order valence-electron chi connectivity index (χ3n) is 4.44. The van der Waals surface area contributed by atoms with E-state index in [-0.39, 0.29) is 6.10 Å². The maximum absolute atomic E-state index is 13.0. The van der Waals surface area contributed by atoms with Gasteiger partial charge in [-0.25, -0.2) is 14.4 Å². The van der Waals surface area contributed by atoms with Crippen LogP contribution in [0.15, 0.2) is 36.7 Å². The maximum atomic E-state index is 13.0. The van der Waals surface area contributed by atoms with Crippen LogP contribution in [-0.2, 0) is 11.2 Å². The summed E-state index contributed by atoms with van der Waals surface area (Å²) in [6.45, 7) is 3.75. The molecular formula is C18H22FN3O. The molecule has 1 saturated heterocycles. The molecule has 122 valence electrons. The van der Waals surface area contributed by atoms with Crippen LogP contribution < -0.4 is 4.90 Å². The Balaban J connectivity index is 1.74. The third-order valence-corrected chi connectivity index (χ3v) is 4.44. The van der Waals surface area contributed by atoms with Crippen molar-refractivity contribution in [3.63, 3.8) is 0 Å². The van der Waals surface area contributed by atoms with Crippen molar-refractivity contribution in [2.75, 3.05) is 25.1 Å². The van der Waals surface area contributed by atoms with Crippen LogP contribution in [0.5, 0.6) is 0 Å². The van der Waals surface area contributed by atoms with Crippen molar-refractivity contribution in [2.24, 2.45) is 5.92 Å². The number of anilines is 1. The molecule has 1 aromatic heterocycles. The van der Waals surface area contributed by atoms with Gasteiger partial charge in [-0.3, -0.25) is 0 Å². The summed E-state index contributed by atoms with van der Waals surface area (Å²) in [5, 5.41) is 0. The van der Waals surface area contributed by atoms with E-state index in [0.717, 1.165) is 25.9 Å². The number of hydrogen-bond acceptors (Lipinski definition) is 4. The Labute approximate surface area is 136 Å². The summed E-state index contributed by atoms with van der Waals surface area (Å²) in [7, 11) is 1.78. The molecule has 0 N–H and O–H groups in total. The summed E-state index contributed by atoms with van der Waals surface area (Å²) in [5.41, 5.74) is 2.59. The molecule has 0 spiro atoms. The van der Waals surface area contributed by atoms with Gasteiger partial charge in [-0.05, 0) is 25.3 Å². The lowest BCUT2D eigenvalue weighted by molar-refractivity contribution is 0.0374. The second kappa shape index (κ2) is 7.04. The zero-order chi connectivity index (χ0) is 16.2. The second-order valence-corrected chi connectivity index (χ2v) is 6.16. The predicted octanol–water partition coefficient (Wildman–Crippen LogP) is 3.01. The number of aromatic nitrogens is 2. The Kier molecular flexibility index (Phi) is 4.86. The molecule has 2 heterocycles. The predicted molar refractivity (Wildman–Crippen MR) is 88.0 cm³/mol. The molecule has 5 heteroatoms. The molecule has 0 unspecified atom stereocenters. The Bertz CT molecular complexity index is 647. The van der Waals surface area contributed by atoms with Gasteiger partial charge in [0.15, 0.2) is 5.82 Å². The van der Waals surface area contributed by atoms with Gasteiger partial charge in [0.05, 0.1) is 18.5 Å². The first-order valence-corrected chi connectivity index (χ1v) is 7.96. The lowest BCUT2D eigenvalue weighted by Crippen LogP contribution is -2.45. The molecule has 1 fully saturated rings. The van der Waals surface area contributed by atoms with Crippen molar-refractivity contribution in [3.8, 4) is 0 Å². The van der Waals surface area contributed by atoms with E-state index in [0.29, 0.717) is 11.9 Å². The van der Waals surface area contributed by atoms with Gasteiger partial charge in [0.25, 0.3) is 0 Å². The second-order valence-electron chi connectivity index (χ2n) is 6.16. The molecule has 1 aromatic carbocycles. The largest absolute Gasteiger partial charge is 0.381 e. The van der Waals surface area contributed by atoms with E-state index in [1.807, 2.05) is 0 Å². The fraction of sp³-hybridized carbons (Fsp3) is 0.444. The van der Waals surface area contributed by atoms with E-state index >= 15 is 0 Å². The fourth-order valence-corrected chi connectivity index (χ4v) is 3.31. The van der Waals surface area contributed by atoms with Gasteiger partial charge in [0, 0.05) is 26.1 Å². The molecule has 0 bridgehead atoms. The minimum absolute atomic E-state index is 0.229. The van der Waals surface area contributed by atoms with Crippen molar-refractivity contribution in [1.82, 2.24) is 9.97 Å². The quantitative estimate of drug-likeness (QED) is 0.869. The SMILES string of the molecule is CO[C@H]1CCN(c2ncc(F)cn2)C[C@H]1Cc1cccc(C)c1. The fourth-order valence-electron chi connectivity index (χ4n) is 3.31. The number of piperidine rings is 1. The van der Waals surface area contributed by atoms with Crippen molar-refractivity contribution in [1.29, 1.82) is 0 Å². The molecule has 0 radical (unpaired) electrons. The van der Waals surface area contributed by atoms with Gasteiger partial charge in [-0.15, -0.1) is 0 Å². The highest BCUT2D eigenvalue weighted by Crippen LogP contribution is 2.26. The monoisotopic (exact) mass is 315 g/mol. The third kappa shape index (κ3) is 3.85. The van der Waals surface area contributed by atoms with E-state index < -0.39 is 5.82 Å². The Morgan fingerprint density at radius 3 is 2.78 bits per heavy atom. The lowest BCUT2D eigenvalue weighted by Gasteiger charge is -2.38. The van der Waals surface area contributed by atoms with E-state index in [4.69, 9.17) is 4.74 Å². The lowest BCUT2D eigenvalue weighted by atomic mass is 9.88. The standard InChI is InChI=1S/C18H22FN3O/c1-13-4-3-5-14(8-13)9-15-12-22(7-6-17(15)23-2)18-20-10-16(19)11-21-18/h3-5,8,10-11,15,17H,6-7,9,12H2,1-2H3/t15-,17+/m1/s1. The Hall–Kier alpha value is -2.01. The van der Waals surface area contributed by atoms with Crippen molar-refractivity contribution < 1.29 is 9.13 Å². The summed E-state index contributed by atoms with van der Waals surface area (Å²) in [4.78, 5) is 10.3. The van der Waals surface area contributed by atoms with Gasteiger partial charge < -0.3 is 9.64 Å². The van der Waals surface area contributed by atoms with Crippen LogP contribution in [0.4, 0.5) is 10.3 Å². The average molecular weight is 315 g/mol. The number of rotatable bonds is 4. The number of hydrogen-bond donors (Lipinski definition) is 0. The zero-order valence-corrected chi connectivity index (χ0v) is 13.6. The molecule has 23 heavy (non-hydrogen) atoms. The maximum Gasteiger partial charge on any atom is 0.225 e. The Morgan fingerprint density at radius 2 is 2.09 bits per heavy atom. The van der Waals surface area contributed by atoms with Crippen LogP contribution in [0.25, 0.3) is 0 Å². The van der Waals surface area contributed by atoms with E-state index in [9.17, 15) is 4.39 Å². The van der Waals surface area contributed by atoms with Gasteiger partial charge in [-0.2, -0.15) is 0 Å². The first-order valence-electron chi connectivity index (χ1n) is 7.96. The number of halogens is 1. The van der Waals surface area contributed by atoms with Crippen LogP contribution >= 0.6 is 0 Å². The molecule has 2 aromatic rings. The van der Waals surface area contributed by atoms with Crippen LogP contribution in [0.3, 0.4) is 0 Å². The van der Waals surface area contributed by atoms with Crippen LogP contribution in [-0.4, -0.2) is 36.3 Å². The molecule has 1 aliphatic heterocycles. The number of aryl methyl sites for hydroxylation is 1. The van der Waals surface area contributed by atoms with Crippen molar-refractivity contribution in [3.05, 3.63) is 53.6 Å². The summed E-state index contributed by atoms with van der Waals surface area (Å²) in [6.07, 6.45) is 4.55. The van der Waals surface area contributed by atoms with E-state index in [2.05, 4.69) is 46.1 Å². The van der Waals surface area contributed by atoms with Gasteiger partial charge in [-0.1, -0.05) is 29.8 Å². The van der Waals surface area contributed by atoms with Crippen LogP contribution in [0.1, 0.15) is 17.5 Å². The van der Waals surface area contributed by atoms with Crippen LogP contribution in [0, 0.1) is 18.7 Å². The molecule has 0 saturated carbocycles. The highest BCUT2D eigenvalue weighted by molar-refractivity contribution is 5.31. The van der Waals surface area contributed by atoms with E-state index in [1.165, 1.54) is 23.5 Å². The molecule has 2 atom stereocenters. The number of nitrogens with zero attached hydrogens (tertiary/aromatic N) is 3. The molecule has 0 aliphatic carbocycles. The topological polar surface area (TPSA) is 38.2 Å². The summed E-state index contributed by atoms with van der Waals surface area (Å²) < 4.78 is 18.7. The summed E-state index contributed by atoms with van der Waals surface area (Å²) in [5.74, 6) is 0.552. The van der Waals surface area contributed by atoms with Gasteiger partial charge >= 0.3 is 0 Å². The number of methoxy groups -OCH3 is 1. The minimum atomic E-state index is -0.406. The first kappa shape index (κ1) is 15.9. The van der Waals surface area contributed by atoms with Crippen LogP contribution in [0.2, 0.25) is 0 Å². The molecule has 4 nitrogen and oxygen atoms in total. The van der Waals surface area contributed by atoms with Crippen molar-refractivity contribution in [2.45, 2.75) is 25.9 Å².